The van der Waals surface area contributed by atoms with Gasteiger partial charge in [-0.3, -0.25) is 9.20 Å². The molecule has 1 N–H and O–H groups in total. The molecule has 0 radical (unpaired) electrons. The maximum absolute atomic E-state index is 12.4. The minimum Gasteiger partial charge on any atom is -0.378 e. The van der Waals surface area contributed by atoms with Crippen LogP contribution in [0.15, 0.2) is 60.1 Å². The van der Waals surface area contributed by atoms with Crippen LogP contribution in [0.25, 0.3) is 16.2 Å². The number of carbonyl (C=O) groups is 1. The Bertz CT molecular complexity index is 1090. The van der Waals surface area contributed by atoms with Crippen molar-refractivity contribution in [1.29, 1.82) is 0 Å². The number of hydrogen-bond donors (Lipinski definition) is 1. The lowest BCUT2D eigenvalue weighted by molar-refractivity contribution is 0.102. The molecular weight excluding hydrogens is 356 g/mol. The van der Waals surface area contributed by atoms with Crippen molar-refractivity contribution in [1.82, 2.24) is 9.38 Å². The fourth-order valence-electron chi connectivity index (χ4n) is 2.87. The van der Waals surface area contributed by atoms with Crippen LogP contribution in [0.5, 0.6) is 0 Å². The van der Waals surface area contributed by atoms with E-state index in [1.807, 2.05) is 73.7 Å². The van der Waals surface area contributed by atoms with Gasteiger partial charge in [0.05, 0.1) is 5.69 Å². The lowest BCUT2D eigenvalue weighted by Gasteiger charge is -2.12. The van der Waals surface area contributed by atoms with E-state index < -0.39 is 0 Å². The number of benzene rings is 2. The Morgan fingerprint density at radius 3 is 2.41 bits per heavy atom. The third-order valence-corrected chi connectivity index (χ3v) is 5.43. The Morgan fingerprint density at radius 1 is 1.07 bits per heavy atom. The Balaban J connectivity index is 1.49. The second kappa shape index (κ2) is 6.89. The normalized spacial score (nSPS) is 10.9. The van der Waals surface area contributed by atoms with Gasteiger partial charge in [0.1, 0.15) is 0 Å². The number of aromatic nitrogens is 2. The number of thiazole rings is 1. The molecule has 27 heavy (non-hydrogen) atoms. The smallest absolute Gasteiger partial charge is 0.255 e. The van der Waals surface area contributed by atoms with Crippen molar-refractivity contribution in [2.75, 3.05) is 24.3 Å². The van der Waals surface area contributed by atoms with Crippen LogP contribution in [0.3, 0.4) is 0 Å². The summed E-state index contributed by atoms with van der Waals surface area (Å²) in [4.78, 5) is 20.1. The number of aryl methyl sites for hydroxylation is 1. The van der Waals surface area contributed by atoms with Crippen molar-refractivity contribution in [3.05, 3.63) is 71.4 Å². The van der Waals surface area contributed by atoms with Gasteiger partial charge in [-0.1, -0.05) is 12.1 Å². The second-order valence-corrected chi connectivity index (χ2v) is 7.47. The van der Waals surface area contributed by atoms with Crippen molar-refractivity contribution in [3.63, 3.8) is 0 Å². The molecule has 0 aliphatic heterocycles. The van der Waals surface area contributed by atoms with Crippen LogP contribution in [-0.2, 0) is 0 Å². The second-order valence-electron chi connectivity index (χ2n) is 6.63. The summed E-state index contributed by atoms with van der Waals surface area (Å²) in [6, 6.07) is 15.3. The van der Waals surface area contributed by atoms with Gasteiger partial charge in [-0.15, -0.1) is 11.3 Å². The summed E-state index contributed by atoms with van der Waals surface area (Å²) in [6.45, 7) is 2.07. The zero-order chi connectivity index (χ0) is 19.0. The van der Waals surface area contributed by atoms with E-state index in [2.05, 4.69) is 27.0 Å². The van der Waals surface area contributed by atoms with Gasteiger partial charge in [-0.2, -0.15) is 0 Å². The highest BCUT2D eigenvalue weighted by atomic mass is 32.1. The minimum atomic E-state index is -0.119. The minimum absolute atomic E-state index is 0.119. The highest BCUT2D eigenvalue weighted by Crippen LogP contribution is 2.25. The van der Waals surface area contributed by atoms with Gasteiger partial charge in [-0.25, -0.2) is 4.98 Å². The number of rotatable bonds is 4. The predicted octanol–water partition coefficient (Wildman–Crippen LogP) is 4.69. The number of carbonyl (C=O) groups excluding carboxylic acids is 1. The lowest BCUT2D eigenvalue weighted by Crippen LogP contribution is -2.13. The molecule has 0 atom stereocenters. The van der Waals surface area contributed by atoms with E-state index in [-0.39, 0.29) is 5.91 Å². The van der Waals surface area contributed by atoms with Crippen LogP contribution in [0.2, 0.25) is 0 Å². The van der Waals surface area contributed by atoms with E-state index in [4.69, 9.17) is 0 Å². The van der Waals surface area contributed by atoms with Gasteiger partial charge in [0, 0.05) is 53.9 Å². The highest BCUT2D eigenvalue weighted by molar-refractivity contribution is 7.15. The monoisotopic (exact) mass is 376 g/mol. The van der Waals surface area contributed by atoms with Gasteiger partial charge in [0.2, 0.25) is 0 Å². The highest BCUT2D eigenvalue weighted by Gasteiger charge is 2.09. The average molecular weight is 376 g/mol. The van der Waals surface area contributed by atoms with Crippen molar-refractivity contribution < 1.29 is 4.79 Å². The molecule has 0 spiro atoms. The summed E-state index contributed by atoms with van der Waals surface area (Å²) in [5.41, 5.74) is 5.59. The first kappa shape index (κ1) is 17.3. The molecule has 2 aromatic heterocycles. The first-order valence-electron chi connectivity index (χ1n) is 8.63. The Morgan fingerprint density at radius 2 is 1.78 bits per heavy atom. The first-order chi connectivity index (χ1) is 13.0. The number of nitrogens with zero attached hydrogens (tertiary/aromatic N) is 3. The van der Waals surface area contributed by atoms with Crippen LogP contribution >= 0.6 is 11.3 Å². The maximum atomic E-state index is 12.4. The van der Waals surface area contributed by atoms with E-state index in [9.17, 15) is 4.79 Å². The topological polar surface area (TPSA) is 49.6 Å². The number of fused-ring (bicyclic) bond motifs is 1. The summed E-state index contributed by atoms with van der Waals surface area (Å²) in [5, 5.41) is 5.03. The van der Waals surface area contributed by atoms with E-state index in [1.54, 1.807) is 11.3 Å². The average Bonchev–Trinajstić information content (AvgIpc) is 3.25. The molecule has 0 bridgehead atoms. The molecule has 0 saturated heterocycles. The summed E-state index contributed by atoms with van der Waals surface area (Å²) >= 11 is 1.63. The van der Waals surface area contributed by atoms with Crippen LogP contribution < -0.4 is 10.2 Å². The number of amides is 1. The summed E-state index contributed by atoms with van der Waals surface area (Å²) in [5.74, 6) is -0.119. The SMILES string of the molecule is Cc1csc2nc(-c3ccc(NC(=O)c4ccc(N(C)C)cc4)cc3)cn12. The zero-order valence-corrected chi connectivity index (χ0v) is 16.2. The van der Waals surface area contributed by atoms with Crippen molar-refractivity contribution in [2.45, 2.75) is 6.92 Å². The van der Waals surface area contributed by atoms with E-state index in [1.165, 1.54) is 5.69 Å². The van der Waals surface area contributed by atoms with Crippen molar-refractivity contribution in [3.8, 4) is 11.3 Å². The van der Waals surface area contributed by atoms with Crippen LogP contribution in [-0.4, -0.2) is 29.4 Å². The molecule has 1 amide bonds. The summed E-state index contributed by atoms with van der Waals surface area (Å²) < 4.78 is 2.09. The van der Waals surface area contributed by atoms with Crippen molar-refractivity contribution in [2.24, 2.45) is 0 Å². The molecule has 4 rings (SSSR count). The van der Waals surface area contributed by atoms with E-state index in [0.29, 0.717) is 5.56 Å². The van der Waals surface area contributed by atoms with Gasteiger partial charge in [-0.05, 0) is 43.3 Å². The molecule has 6 heteroatoms. The molecule has 0 unspecified atom stereocenters. The number of imidazole rings is 1. The first-order valence-corrected chi connectivity index (χ1v) is 9.51. The third kappa shape index (κ3) is 3.44. The predicted molar refractivity (Wildman–Crippen MR) is 112 cm³/mol. The molecule has 0 aliphatic rings. The molecule has 0 aliphatic carbocycles. The molecule has 4 aromatic rings. The Kier molecular flexibility index (Phi) is 4.41. The largest absolute Gasteiger partial charge is 0.378 e. The number of hydrogen-bond acceptors (Lipinski definition) is 4. The number of anilines is 2. The molecule has 2 aromatic carbocycles. The molecule has 0 saturated carbocycles. The standard InChI is InChI=1S/C21H20N4OS/c1-14-13-27-21-23-19(12-25(14)21)15-4-8-17(9-5-15)22-20(26)16-6-10-18(11-7-16)24(2)3/h4-13H,1-3H3,(H,22,26). The van der Waals surface area contributed by atoms with Gasteiger partial charge < -0.3 is 10.2 Å². The van der Waals surface area contributed by atoms with E-state index >= 15 is 0 Å². The van der Waals surface area contributed by atoms with Gasteiger partial charge in [0.15, 0.2) is 4.96 Å². The fourth-order valence-corrected chi connectivity index (χ4v) is 3.72. The summed E-state index contributed by atoms with van der Waals surface area (Å²) in [7, 11) is 3.95. The molecular formula is C21H20N4OS. The van der Waals surface area contributed by atoms with Gasteiger partial charge >= 0.3 is 0 Å². The van der Waals surface area contributed by atoms with Crippen LogP contribution in [0, 0.1) is 6.92 Å². The number of nitrogens with one attached hydrogen (secondary N) is 1. The molecule has 2 heterocycles. The Hall–Kier alpha value is -3.12. The van der Waals surface area contributed by atoms with Crippen LogP contribution in [0.4, 0.5) is 11.4 Å². The van der Waals surface area contributed by atoms with E-state index in [0.717, 1.165) is 27.6 Å². The lowest BCUT2D eigenvalue weighted by atomic mass is 10.1. The van der Waals surface area contributed by atoms with Crippen molar-refractivity contribution >= 4 is 33.6 Å². The molecule has 0 fully saturated rings. The quantitative estimate of drug-likeness (QED) is 0.562. The molecule has 5 nitrogen and oxygen atoms in total. The maximum Gasteiger partial charge on any atom is 0.255 e. The van der Waals surface area contributed by atoms with Crippen LogP contribution in [0.1, 0.15) is 16.1 Å². The molecule has 136 valence electrons. The zero-order valence-electron chi connectivity index (χ0n) is 15.4. The Labute approximate surface area is 161 Å². The fraction of sp³-hybridized carbons (Fsp3) is 0.143. The third-order valence-electron chi connectivity index (χ3n) is 4.47. The van der Waals surface area contributed by atoms with Gasteiger partial charge in [0.25, 0.3) is 5.91 Å². The summed E-state index contributed by atoms with van der Waals surface area (Å²) in [6.07, 6.45) is 2.04.